The number of rotatable bonds is 5. The van der Waals surface area contributed by atoms with Crippen LogP contribution in [0.25, 0.3) is 10.4 Å². The topological polar surface area (TPSA) is 32.3 Å². The summed E-state index contributed by atoms with van der Waals surface area (Å²) in [7, 11) is 0. The molecule has 1 aromatic heterocycles. The maximum Gasteiger partial charge on any atom is 0.261 e. The van der Waals surface area contributed by atoms with E-state index in [1.165, 1.54) is 11.3 Å². The van der Waals surface area contributed by atoms with Gasteiger partial charge in [-0.1, -0.05) is 23.7 Å². The van der Waals surface area contributed by atoms with E-state index >= 15 is 0 Å². The first kappa shape index (κ1) is 18.3. The average Bonchev–Trinajstić information content (AvgIpc) is 3.07. The maximum atomic E-state index is 12.4. The smallest absolute Gasteiger partial charge is 0.261 e. The van der Waals surface area contributed by atoms with Crippen molar-refractivity contribution in [2.24, 2.45) is 0 Å². The highest BCUT2D eigenvalue weighted by Gasteiger charge is 2.23. The van der Waals surface area contributed by atoms with Gasteiger partial charge in [-0.2, -0.15) is 0 Å². The molecule has 1 aromatic carbocycles. The summed E-state index contributed by atoms with van der Waals surface area (Å²) in [5.74, 6) is -0.0995. The molecule has 1 N–H and O–H groups in total. The number of carbonyl (C=O) groups excluding carboxylic acids is 1. The fourth-order valence-electron chi connectivity index (χ4n) is 2.94. The van der Waals surface area contributed by atoms with Gasteiger partial charge in [-0.25, -0.2) is 8.78 Å². The third-order valence-corrected chi connectivity index (χ3v) is 5.66. The van der Waals surface area contributed by atoms with Crippen molar-refractivity contribution in [3.05, 3.63) is 46.3 Å². The number of piperidine rings is 1. The molecule has 1 aliphatic rings. The van der Waals surface area contributed by atoms with E-state index in [9.17, 15) is 13.6 Å². The zero-order valence-corrected chi connectivity index (χ0v) is 15.1. The minimum Gasteiger partial charge on any atom is -0.349 e. The van der Waals surface area contributed by atoms with Crippen LogP contribution >= 0.6 is 22.9 Å². The molecular formula is C18H19ClF2N2OS. The first-order valence-corrected chi connectivity index (χ1v) is 9.38. The molecule has 0 radical (unpaired) electrons. The summed E-state index contributed by atoms with van der Waals surface area (Å²) in [4.78, 5) is 15.8. The molecule has 3 nitrogen and oxygen atoms in total. The Bertz CT molecular complexity index is 712. The molecule has 0 aliphatic carbocycles. The van der Waals surface area contributed by atoms with Gasteiger partial charge in [0.2, 0.25) is 0 Å². The number of alkyl halides is 2. The number of thiophene rings is 1. The lowest BCUT2D eigenvalue weighted by Gasteiger charge is -2.31. The van der Waals surface area contributed by atoms with Crippen LogP contribution in [0.3, 0.4) is 0 Å². The van der Waals surface area contributed by atoms with E-state index in [1.807, 2.05) is 36.4 Å². The highest BCUT2D eigenvalue weighted by molar-refractivity contribution is 7.17. The summed E-state index contributed by atoms with van der Waals surface area (Å²) >= 11 is 7.33. The molecule has 0 bridgehead atoms. The third-order valence-electron chi connectivity index (χ3n) is 4.28. The maximum absolute atomic E-state index is 12.4. The van der Waals surface area contributed by atoms with Crippen LogP contribution in [0.2, 0.25) is 5.02 Å². The van der Waals surface area contributed by atoms with Crippen molar-refractivity contribution < 1.29 is 13.6 Å². The summed E-state index contributed by atoms with van der Waals surface area (Å²) in [6.45, 7) is 1.00. The summed E-state index contributed by atoms with van der Waals surface area (Å²) in [6, 6.07) is 11.3. The molecule has 25 heavy (non-hydrogen) atoms. The Morgan fingerprint density at radius 2 is 1.88 bits per heavy atom. The molecule has 7 heteroatoms. The van der Waals surface area contributed by atoms with Crippen LogP contribution in [0.15, 0.2) is 36.4 Å². The van der Waals surface area contributed by atoms with Gasteiger partial charge in [0.05, 0.1) is 11.4 Å². The Labute approximate surface area is 154 Å². The minimum absolute atomic E-state index is 0.0440. The molecule has 1 fully saturated rings. The van der Waals surface area contributed by atoms with Gasteiger partial charge in [0.1, 0.15) is 0 Å². The molecule has 0 spiro atoms. The van der Waals surface area contributed by atoms with E-state index < -0.39 is 6.43 Å². The van der Waals surface area contributed by atoms with Gasteiger partial charge < -0.3 is 5.32 Å². The molecule has 0 saturated carbocycles. The molecule has 1 amide bonds. The number of likely N-dealkylation sites (tertiary alicyclic amines) is 1. The minimum atomic E-state index is -2.30. The van der Waals surface area contributed by atoms with E-state index in [0.717, 1.165) is 10.4 Å². The summed E-state index contributed by atoms with van der Waals surface area (Å²) < 4.78 is 24.8. The largest absolute Gasteiger partial charge is 0.349 e. The van der Waals surface area contributed by atoms with Crippen LogP contribution in [0.1, 0.15) is 22.5 Å². The zero-order valence-electron chi connectivity index (χ0n) is 13.6. The van der Waals surface area contributed by atoms with Gasteiger partial charge in [-0.3, -0.25) is 9.69 Å². The molecule has 2 heterocycles. The monoisotopic (exact) mass is 384 g/mol. The van der Waals surface area contributed by atoms with Gasteiger partial charge in [-0.05, 0) is 42.7 Å². The van der Waals surface area contributed by atoms with Gasteiger partial charge >= 0.3 is 0 Å². The molecule has 1 aliphatic heterocycles. The second-order valence-electron chi connectivity index (χ2n) is 6.11. The Hall–Kier alpha value is -1.50. The number of halogens is 3. The molecule has 0 unspecified atom stereocenters. The van der Waals surface area contributed by atoms with E-state index in [-0.39, 0.29) is 18.5 Å². The molecule has 1 saturated heterocycles. The van der Waals surface area contributed by atoms with Gasteiger partial charge in [-0.15, -0.1) is 11.3 Å². The van der Waals surface area contributed by atoms with E-state index in [2.05, 4.69) is 5.32 Å². The summed E-state index contributed by atoms with van der Waals surface area (Å²) in [6.07, 6.45) is -0.898. The van der Waals surface area contributed by atoms with Crippen molar-refractivity contribution in [3.63, 3.8) is 0 Å². The predicted molar refractivity (Wildman–Crippen MR) is 97.7 cm³/mol. The molecule has 0 atom stereocenters. The van der Waals surface area contributed by atoms with Crippen molar-refractivity contribution in [1.29, 1.82) is 0 Å². The van der Waals surface area contributed by atoms with Crippen molar-refractivity contribution in [1.82, 2.24) is 10.2 Å². The first-order chi connectivity index (χ1) is 12.0. The SMILES string of the molecule is O=C(NC1CCN(CC(F)F)CC1)c1ccc(-c2ccc(Cl)cc2)s1. The fourth-order valence-corrected chi connectivity index (χ4v) is 3.98. The Morgan fingerprint density at radius 3 is 2.52 bits per heavy atom. The summed E-state index contributed by atoms with van der Waals surface area (Å²) in [5.41, 5.74) is 1.02. The summed E-state index contributed by atoms with van der Waals surface area (Å²) in [5, 5.41) is 3.70. The number of hydrogen-bond donors (Lipinski definition) is 1. The normalized spacial score (nSPS) is 16.3. The lowest BCUT2D eigenvalue weighted by Crippen LogP contribution is -2.45. The third kappa shape index (κ3) is 5.00. The second kappa shape index (κ2) is 8.25. The predicted octanol–water partition coefficient (Wildman–Crippen LogP) is 4.53. The van der Waals surface area contributed by atoms with Crippen LogP contribution < -0.4 is 5.32 Å². The van der Waals surface area contributed by atoms with Crippen LogP contribution in [0.5, 0.6) is 0 Å². The fraction of sp³-hybridized carbons (Fsp3) is 0.389. The first-order valence-electron chi connectivity index (χ1n) is 8.18. The standard InChI is InChI=1S/C18H19ClF2N2OS/c19-13-3-1-12(2-4-13)15-5-6-16(25-15)18(24)22-14-7-9-23(10-8-14)11-17(20)21/h1-6,14,17H,7-11H2,(H,22,24). The van der Waals surface area contributed by atoms with Crippen molar-refractivity contribution in [3.8, 4) is 10.4 Å². The Balaban J connectivity index is 1.55. The van der Waals surface area contributed by atoms with Crippen LogP contribution in [0.4, 0.5) is 8.78 Å². The van der Waals surface area contributed by atoms with E-state index in [4.69, 9.17) is 11.6 Å². The quantitative estimate of drug-likeness (QED) is 0.821. The number of nitrogens with zero attached hydrogens (tertiary/aromatic N) is 1. The van der Waals surface area contributed by atoms with Crippen molar-refractivity contribution >= 4 is 28.8 Å². The second-order valence-corrected chi connectivity index (χ2v) is 7.63. The molecule has 3 rings (SSSR count). The van der Waals surface area contributed by atoms with Crippen LogP contribution in [-0.4, -0.2) is 42.9 Å². The number of hydrogen-bond acceptors (Lipinski definition) is 3. The lowest BCUT2D eigenvalue weighted by atomic mass is 10.1. The number of benzene rings is 1. The van der Waals surface area contributed by atoms with Crippen LogP contribution in [0, 0.1) is 0 Å². The lowest BCUT2D eigenvalue weighted by molar-refractivity contribution is 0.0697. The molecular weight excluding hydrogens is 366 g/mol. The number of amides is 1. The Kier molecular flexibility index (Phi) is 6.04. The van der Waals surface area contributed by atoms with Crippen LogP contribution in [-0.2, 0) is 0 Å². The van der Waals surface area contributed by atoms with Gasteiger partial charge in [0.15, 0.2) is 0 Å². The van der Waals surface area contributed by atoms with Gasteiger partial charge in [0, 0.05) is 29.0 Å². The van der Waals surface area contributed by atoms with E-state index in [1.54, 1.807) is 4.90 Å². The molecule has 2 aromatic rings. The highest BCUT2D eigenvalue weighted by atomic mass is 35.5. The number of carbonyl (C=O) groups is 1. The van der Waals surface area contributed by atoms with E-state index in [0.29, 0.717) is 35.8 Å². The number of nitrogens with one attached hydrogen (secondary N) is 1. The highest BCUT2D eigenvalue weighted by Crippen LogP contribution is 2.29. The zero-order chi connectivity index (χ0) is 17.8. The van der Waals surface area contributed by atoms with Crippen molar-refractivity contribution in [2.75, 3.05) is 19.6 Å². The Morgan fingerprint density at radius 1 is 1.20 bits per heavy atom. The average molecular weight is 385 g/mol. The molecule has 134 valence electrons. The van der Waals surface area contributed by atoms with Gasteiger partial charge in [0.25, 0.3) is 12.3 Å². The van der Waals surface area contributed by atoms with Crippen molar-refractivity contribution in [2.45, 2.75) is 25.3 Å².